The van der Waals surface area contributed by atoms with E-state index in [0.717, 1.165) is 15.5 Å². The quantitative estimate of drug-likeness (QED) is 0.551. The number of thiazole rings is 1. The highest BCUT2D eigenvalue weighted by atomic mass is 32.1. The fourth-order valence-corrected chi connectivity index (χ4v) is 4.17. The molecule has 26 heavy (non-hydrogen) atoms. The number of fused-ring (bicyclic) bond motifs is 1. The average Bonchev–Trinajstić information content (AvgIpc) is 3.33. The maximum absolute atomic E-state index is 13.4. The van der Waals surface area contributed by atoms with Gasteiger partial charge in [-0.1, -0.05) is 18.2 Å². The van der Waals surface area contributed by atoms with Crippen LogP contribution < -0.4 is 5.32 Å². The van der Waals surface area contributed by atoms with Gasteiger partial charge in [-0.3, -0.25) is 4.79 Å². The van der Waals surface area contributed by atoms with Gasteiger partial charge in [0.1, 0.15) is 5.82 Å². The van der Waals surface area contributed by atoms with Crippen LogP contribution >= 0.6 is 22.7 Å². The van der Waals surface area contributed by atoms with Gasteiger partial charge in [-0.2, -0.15) is 4.98 Å². The predicted octanol–water partition coefficient (Wildman–Crippen LogP) is 3.56. The van der Waals surface area contributed by atoms with E-state index in [1.165, 1.54) is 23.5 Å². The molecule has 0 atom stereocenters. The van der Waals surface area contributed by atoms with Gasteiger partial charge in [0.2, 0.25) is 10.9 Å². The molecule has 0 saturated carbocycles. The molecule has 0 aliphatic carbocycles. The third-order valence-corrected chi connectivity index (χ3v) is 5.59. The fourth-order valence-electron chi connectivity index (χ4n) is 2.61. The number of hydrogen-bond acceptors (Lipinski definition) is 5. The van der Waals surface area contributed by atoms with Gasteiger partial charge in [0.05, 0.1) is 12.1 Å². The molecule has 8 heteroatoms. The Labute approximate surface area is 157 Å². The predicted molar refractivity (Wildman–Crippen MR) is 101 cm³/mol. The molecule has 0 fully saturated rings. The Kier molecular flexibility index (Phi) is 4.77. The van der Waals surface area contributed by atoms with Crippen molar-refractivity contribution in [1.29, 1.82) is 0 Å². The second-order valence-corrected chi connectivity index (χ2v) is 7.59. The number of amides is 1. The molecule has 3 heterocycles. The fraction of sp³-hybridized carbons (Fsp3) is 0.167. The number of carbonyl (C=O) groups excluding carboxylic acids is 1. The van der Waals surface area contributed by atoms with Gasteiger partial charge in [0, 0.05) is 28.8 Å². The summed E-state index contributed by atoms with van der Waals surface area (Å²) in [7, 11) is 0. The minimum absolute atomic E-state index is 0.0120. The minimum atomic E-state index is -0.311. The van der Waals surface area contributed by atoms with Crippen LogP contribution in [0.4, 0.5) is 4.39 Å². The van der Waals surface area contributed by atoms with E-state index < -0.39 is 0 Å². The van der Waals surface area contributed by atoms with Crippen molar-refractivity contribution in [3.8, 4) is 11.4 Å². The summed E-state index contributed by atoms with van der Waals surface area (Å²) in [6, 6.07) is 10.1. The molecule has 1 aromatic carbocycles. The van der Waals surface area contributed by atoms with Crippen LogP contribution in [0, 0.1) is 5.82 Å². The van der Waals surface area contributed by atoms with E-state index in [1.807, 2.05) is 22.9 Å². The van der Waals surface area contributed by atoms with Crippen LogP contribution in [0.3, 0.4) is 0 Å². The maximum atomic E-state index is 13.4. The first-order valence-corrected chi connectivity index (χ1v) is 9.83. The molecule has 0 aliphatic rings. The highest BCUT2D eigenvalue weighted by Crippen LogP contribution is 2.21. The SMILES string of the molecule is O=C(Cc1cccs1)NCCc1csc2nc(-c3cccc(F)c3)nn12. The van der Waals surface area contributed by atoms with E-state index in [4.69, 9.17) is 0 Å². The molecule has 4 aromatic rings. The van der Waals surface area contributed by atoms with E-state index in [1.54, 1.807) is 28.0 Å². The van der Waals surface area contributed by atoms with Gasteiger partial charge in [-0.15, -0.1) is 27.8 Å². The number of halogens is 1. The van der Waals surface area contributed by atoms with Crippen molar-refractivity contribution in [2.75, 3.05) is 6.54 Å². The zero-order valence-corrected chi connectivity index (χ0v) is 15.3. The van der Waals surface area contributed by atoms with Crippen LogP contribution in [0.1, 0.15) is 10.6 Å². The molecule has 0 aliphatic heterocycles. The first-order chi connectivity index (χ1) is 12.7. The molecule has 0 bridgehead atoms. The van der Waals surface area contributed by atoms with Gasteiger partial charge in [0.15, 0.2) is 5.82 Å². The molecule has 0 radical (unpaired) electrons. The molecule has 4 rings (SSSR count). The van der Waals surface area contributed by atoms with Crippen LogP contribution in [0.15, 0.2) is 47.2 Å². The molecule has 5 nitrogen and oxygen atoms in total. The van der Waals surface area contributed by atoms with Crippen molar-refractivity contribution in [2.24, 2.45) is 0 Å². The number of carbonyl (C=O) groups is 1. The normalized spacial score (nSPS) is 11.1. The topological polar surface area (TPSA) is 59.3 Å². The Morgan fingerprint density at radius 3 is 2.96 bits per heavy atom. The Morgan fingerprint density at radius 2 is 2.15 bits per heavy atom. The van der Waals surface area contributed by atoms with Crippen molar-refractivity contribution >= 4 is 33.5 Å². The van der Waals surface area contributed by atoms with E-state index in [-0.39, 0.29) is 11.7 Å². The van der Waals surface area contributed by atoms with Crippen molar-refractivity contribution in [3.63, 3.8) is 0 Å². The Morgan fingerprint density at radius 1 is 1.23 bits per heavy atom. The number of nitrogens with one attached hydrogen (secondary N) is 1. The smallest absolute Gasteiger partial charge is 0.225 e. The molecular weight excluding hydrogens is 371 g/mol. The molecule has 1 N–H and O–H groups in total. The van der Waals surface area contributed by atoms with E-state index in [2.05, 4.69) is 15.4 Å². The number of thiophene rings is 1. The van der Waals surface area contributed by atoms with Crippen molar-refractivity contribution < 1.29 is 9.18 Å². The molecule has 0 saturated heterocycles. The summed E-state index contributed by atoms with van der Waals surface area (Å²) in [5.41, 5.74) is 1.62. The zero-order chi connectivity index (χ0) is 17.9. The number of rotatable bonds is 6. The van der Waals surface area contributed by atoms with Crippen molar-refractivity contribution in [3.05, 3.63) is 63.5 Å². The van der Waals surface area contributed by atoms with Crippen LogP contribution in [0.2, 0.25) is 0 Å². The molecule has 3 aromatic heterocycles. The van der Waals surface area contributed by atoms with Gasteiger partial charge < -0.3 is 5.32 Å². The highest BCUT2D eigenvalue weighted by molar-refractivity contribution is 7.15. The van der Waals surface area contributed by atoms with E-state index in [9.17, 15) is 9.18 Å². The molecule has 1 amide bonds. The minimum Gasteiger partial charge on any atom is -0.355 e. The first-order valence-electron chi connectivity index (χ1n) is 8.07. The van der Waals surface area contributed by atoms with Gasteiger partial charge >= 0.3 is 0 Å². The third-order valence-electron chi connectivity index (χ3n) is 3.85. The first kappa shape index (κ1) is 16.9. The van der Waals surface area contributed by atoms with Crippen LogP contribution in [-0.4, -0.2) is 27.0 Å². The van der Waals surface area contributed by atoms with Crippen molar-refractivity contribution in [1.82, 2.24) is 19.9 Å². The lowest BCUT2D eigenvalue weighted by Crippen LogP contribution is -2.27. The lowest BCUT2D eigenvalue weighted by molar-refractivity contribution is -0.120. The number of aromatic nitrogens is 3. The monoisotopic (exact) mass is 386 g/mol. The van der Waals surface area contributed by atoms with Gasteiger partial charge in [-0.05, 0) is 23.6 Å². The second-order valence-electron chi connectivity index (χ2n) is 5.72. The summed E-state index contributed by atoms with van der Waals surface area (Å²) in [5.74, 6) is 0.201. The number of nitrogens with zero attached hydrogens (tertiary/aromatic N) is 3. The Balaban J connectivity index is 1.41. The zero-order valence-electron chi connectivity index (χ0n) is 13.7. The Bertz CT molecular complexity index is 1040. The lowest BCUT2D eigenvalue weighted by atomic mass is 10.2. The summed E-state index contributed by atoms with van der Waals surface area (Å²) < 4.78 is 15.2. The maximum Gasteiger partial charge on any atom is 0.225 e. The van der Waals surface area contributed by atoms with Crippen LogP contribution in [-0.2, 0) is 17.6 Å². The molecular formula is C18H15FN4OS2. The largest absolute Gasteiger partial charge is 0.355 e. The van der Waals surface area contributed by atoms with Crippen LogP contribution in [0.5, 0.6) is 0 Å². The van der Waals surface area contributed by atoms with Crippen molar-refractivity contribution in [2.45, 2.75) is 12.8 Å². The average molecular weight is 386 g/mol. The number of benzene rings is 1. The summed E-state index contributed by atoms with van der Waals surface area (Å²) in [4.78, 5) is 18.2. The molecule has 0 spiro atoms. The van der Waals surface area contributed by atoms with E-state index >= 15 is 0 Å². The highest BCUT2D eigenvalue weighted by Gasteiger charge is 2.12. The van der Waals surface area contributed by atoms with Gasteiger partial charge in [-0.25, -0.2) is 8.91 Å². The third kappa shape index (κ3) is 3.66. The molecule has 0 unspecified atom stereocenters. The second kappa shape index (κ2) is 7.35. The van der Waals surface area contributed by atoms with E-state index in [0.29, 0.717) is 30.8 Å². The summed E-state index contributed by atoms with van der Waals surface area (Å²) in [6.07, 6.45) is 1.06. The summed E-state index contributed by atoms with van der Waals surface area (Å²) >= 11 is 3.06. The summed E-state index contributed by atoms with van der Waals surface area (Å²) in [5, 5.41) is 11.4. The lowest BCUT2D eigenvalue weighted by Gasteiger charge is -2.03. The summed E-state index contributed by atoms with van der Waals surface area (Å²) in [6.45, 7) is 0.533. The standard InChI is InChI=1S/C18H15FN4OS2/c19-13-4-1-3-12(9-13)17-21-18-23(22-17)14(11-26-18)6-7-20-16(24)10-15-5-2-8-25-15/h1-5,8-9,11H,6-7,10H2,(H,20,24). The Hall–Kier alpha value is -2.58. The molecule has 132 valence electrons. The van der Waals surface area contributed by atoms with Gasteiger partial charge in [0.25, 0.3) is 0 Å². The van der Waals surface area contributed by atoms with Crippen LogP contribution in [0.25, 0.3) is 16.3 Å². The number of hydrogen-bond donors (Lipinski definition) is 1.